The predicted molar refractivity (Wildman–Crippen MR) is 105 cm³/mol. The quantitative estimate of drug-likeness (QED) is 0.600. The van der Waals surface area contributed by atoms with Gasteiger partial charge < -0.3 is 9.84 Å². The number of imide groups is 1. The van der Waals surface area contributed by atoms with Crippen LogP contribution in [0.2, 0.25) is 0 Å². The number of carbonyl (C=O) groups is 3. The van der Waals surface area contributed by atoms with Crippen molar-refractivity contribution in [3.63, 3.8) is 0 Å². The van der Waals surface area contributed by atoms with E-state index < -0.39 is 47.8 Å². The SMILES string of the molecule is COC(=O)[C@@]1(CO)N[C@@H](c2ccccc2C)[C@@H]2C(=O)N(c3ccccc3)C(=O)[C@H]21. The van der Waals surface area contributed by atoms with Crippen molar-refractivity contribution in [3.8, 4) is 0 Å². The summed E-state index contributed by atoms with van der Waals surface area (Å²) in [5.41, 5.74) is 0.471. The summed E-state index contributed by atoms with van der Waals surface area (Å²) in [6, 6.07) is 15.5. The average Bonchev–Trinajstić information content (AvgIpc) is 3.23. The highest BCUT2D eigenvalue weighted by molar-refractivity contribution is 6.24. The second-order valence-corrected chi connectivity index (χ2v) is 7.45. The third-order valence-electron chi connectivity index (χ3n) is 5.99. The summed E-state index contributed by atoms with van der Waals surface area (Å²) < 4.78 is 4.93. The highest BCUT2D eigenvalue weighted by atomic mass is 16.5. The topological polar surface area (TPSA) is 95.9 Å². The van der Waals surface area contributed by atoms with Gasteiger partial charge in [-0.3, -0.25) is 14.9 Å². The molecule has 2 heterocycles. The molecule has 0 saturated carbocycles. The fourth-order valence-electron chi connectivity index (χ4n) is 4.62. The molecule has 0 bridgehead atoms. The lowest BCUT2D eigenvalue weighted by molar-refractivity contribution is -0.154. The van der Waals surface area contributed by atoms with Crippen LogP contribution in [0.3, 0.4) is 0 Å². The molecule has 2 aliphatic rings. The van der Waals surface area contributed by atoms with Crippen LogP contribution in [-0.4, -0.2) is 42.1 Å². The largest absolute Gasteiger partial charge is 0.468 e. The summed E-state index contributed by atoms with van der Waals surface area (Å²) in [4.78, 5) is 40.7. The zero-order valence-corrected chi connectivity index (χ0v) is 16.2. The number of aryl methyl sites for hydroxylation is 1. The average molecular weight is 394 g/mol. The Balaban J connectivity index is 1.88. The number of hydrogen-bond acceptors (Lipinski definition) is 6. The Morgan fingerprint density at radius 1 is 1.10 bits per heavy atom. The molecule has 0 spiro atoms. The molecule has 7 nitrogen and oxygen atoms in total. The first-order chi connectivity index (χ1) is 14.0. The minimum atomic E-state index is -1.69. The number of ether oxygens (including phenoxy) is 1. The Morgan fingerprint density at radius 3 is 2.38 bits per heavy atom. The third kappa shape index (κ3) is 2.69. The number of para-hydroxylation sites is 1. The summed E-state index contributed by atoms with van der Waals surface area (Å²) in [6.45, 7) is 1.24. The second kappa shape index (κ2) is 7.09. The van der Waals surface area contributed by atoms with Gasteiger partial charge in [-0.25, -0.2) is 9.69 Å². The van der Waals surface area contributed by atoms with Gasteiger partial charge in [-0.1, -0.05) is 42.5 Å². The number of benzene rings is 2. The van der Waals surface area contributed by atoms with Gasteiger partial charge in [0.25, 0.3) is 0 Å². The van der Waals surface area contributed by atoms with Gasteiger partial charge >= 0.3 is 5.97 Å². The van der Waals surface area contributed by atoms with Crippen molar-refractivity contribution in [1.82, 2.24) is 5.32 Å². The van der Waals surface area contributed by atoms with E-state index >= 15 is 0 Å². The molecule has 2 aromatic rings. The molecular weight excluding hydrogens is 372 g/mol. The summed E-state index contributed by atoms with van der Waals surface area (Å²) >= 11 is 0. The van der Waals surface area contributed by atoms with Crippen LogP contribution in [0.15, 0.2) is 54.6 Å². The van der Waals surface area contributed by atoms with E-state index in [2.05, 4.69) is 5.32 Å². The second-order valence-electron chi connectivity index (χ2n) is 7.45. The summed E-state index contributed by atoms with van der Waals surface area (Å²) in [5, 5.41) is 13.3. The number of hydrogen-bond donors (Lipinski definition) is 2. The molecule has 0 radical (unpaired) electrons. The van der Waals surface area contributed by atoms with E-state index in [1.165, 1.54) is 7.11 Å². The lowest BCUT2D eigenvalue weighted by Crippen LogP contribution is -2.59. The van der Waals surface area contributed by atoms with E-state index in [0.717, 1.165) is 16.0 Å². The number of amides is 2. The standard InChI is InChI=1S/C22H22N2O5/c1-13-8-6-7-11-15(13)18-16-17(22(12-25,23-18)21(28)29-2)20(27)24(19(16)26)14-9-4-3-5-10-14/h3-11,16-18,23,25H,12H2,1-2H3/t16-,17+,18+,22+/m1/s1. The maximum absolute atomic E-state index is 13.4. The van der Waals surface area contributed by atoms with E-state index in [1.807, 2.05) is 31.2 Å². The van der Waals surface area contributed by atoms with Gasteiger partial charge in [0.2, 0.25) is 11.8 Å². The van der Waals surface area contributed by atoms with Crippen molar-refractivity contribution >= 4 is 23.5 Å². The Bertz CT molecular complexity index is 976. The van der Waals surface area contributed by atoms with E-state index in [4.69, 9.17) is 4.74 Å². The molecule has 2 amide bonds. The summed E-state index contributed by atoms with van der Waals surface area (Å²) in [5.74, 6) is -3.59. The molecule has 4 atom stereocenters. The number of anilines is 1. The molecule has 4 rings (SSSR count). The molecule has 7 heteroatoms. The van der Waals surface area contributed by atoms with E-state index in [-0.39, 0.29) is 0 Å². The molecule has 2 aliphatic heterocycles. The molecule has 2 fully saturated rings. The number of aliphatic hydroxyl groups excluding tert-OH is 1. The normalized spacial score (nSPS) is 28.5. The van der Waals surface area contributed by atoms with Crippen LogP contribution < -0.4 is 10.2 Å². The lowest BCUT2D eigenvalue weighted by atomic mass is 9.79. The molecule has 2 N–H and O–H groups in total. The monoisotopic (exact) mass is 394 g/mol. The fourth-order valence-corrected chi connectivity index (χ4v) is 4.62. The molecule has 0 aromatic heterocycles. The zero-order chi connectivity index (χ0) is 20.8. The van der Waals surface area contributed by atoms with Crippen molar-refractivity contribution in [2.75, 3.05) is 18.6 Å². The minimum absolute atomic E-state index is 0.397. The van der Waals surface area contributed by atoms with Crippen molar-refractivity contribution in [2.24, 2.45) is 11.8 Å². The van der Waals surface area contributed by atoms with Crippen molar-refractivity contribution in [2.45, 2.75) is 18.5 Å². The van der Waals surface area contributed by atoms with E-state index in [9.17, 15) is 19.5 Å². The smallest absolute Gasteiger partial charge is 0.329 e. The first-order valence-electron chi connectivity index (χ1n) is 9.41. The Kier molecular flexibility index (Phi) is 4.72. The zero-order valence-electron chi connectivity index (χ0n) is 16.2. The highest BCUT2D eigenvalue weighted by Gasteiger charge is 2.69. The minimum Gasteiger partial charge on any atom is -0.468 e. The predicted octanol–water partition coefficient (Wildman–Crippen LogP) is 1.35. The Morgan fingerprint density at radius 2 is 1.76 bits per heavy atom. The summed E-state index contributed by atoms with van der Waals surface area (Å²) in [6.07, 6.45) is 0. The van der Waals surface area contributed by atoms with Crippen LogP contribution in [-0.2, 0) is 19.1 Å². The highest BCUT2D eigenvalue weighted by Crippen LogP contribution is 2.50. The number of rotatable bonds is 4. The van der Waals surface area contributed by atoms with Gasteiger partial charge in [0.05, 0.1) is 31.2 Å². The number of carbonyl (C=O) groups excluding carboxylic acids is 3. The van der Waals surface area contributed by atoms with Gasteiger partial charge in [-0.15, -0.1) is 0 Å². The molecule has 150 valence electrons. The molecule has 29 heavy (non-hydrogen) atoms. The van der Waals surface area contributed by atoms with E-state index in [0.29, 0.717) is 5.69 Å². The van der Waals surface area contributed by atoms with Crippen LogP contribution in [0.5, 0.6) is 0 Å². The van der Waals surface area contributed by atoms with E-state index in [1.54, 1.807) is 30.3 Å². The van der Waals surface area contributed by atoms with Gasteiger partial charge in [0, 0.05) is 6.04 Å². The number of esters is 1. The number of nitrogens with zero attached hydrogens (tertiary/aromatic N) is 1. The molecular formula is C22H22N2O5. The first kappa shape index (κ1) is 19.3. The lowest BCUT2D eigenvalue weighted by Gasteiger charge is -2.30. The van der Waals surface area contributed by atoms with Gasteiger partial charge in [-0.2, -0.15) is 0 Å². The third-order valence-corrected chi connectivity index (χ3v) is 5.99. The van der Waals surface area contributed by atoms with Crippen molar-refractivity contribution < 1.29 is 24.2 Å². The van der Waals surface area contributed by atoms with Crippen LogP contribution in [0.25, 0.3) is 0 Å². The van der Waals surface area contributed by atoms with Crippen LogP contribution in [0.4, 0.5) is 5.69 Å². The maximum atomic E-state index is 13.4. The van der Waals surface area contributed by atoms with Crippen molar-refractivity contribution in [3.05, 3.63) is 65.7 Å². The Hall–Kier alpha value is -3.03. The number of methoxy groups -OCH3 is 1. The number of fused-ring (bicyclic) bond motifs is 1. The van der Waals surface area contributed by atoms with Crippen molar-refractivity contribution in [1.29, 1.82) is 0 Å². The first-order valence-corrected chi connectivity index (χ1v) is 9.41. The van der Waals surface area contributed by atoms with Crippen LogP contribution in [0.1, 0.15) is 17.2 Å². The molecule has 0 unspecified atom stereocenters. The maximum Gasteiger partial charge on any atom is 0.329 e. The summed E-state index contributed by atoms with van der Waals surface area (Å²) in [7, 11) is 1.20. The molecule has 2 saturated heterocycles. The van der Waals surface area contributed by atoms with Crippen LogP contribution in [0, 0.1) is 18.8 Å². The van der Waals surface area contributed by atoms with Gasteiger partial charge in [-0.05, 0) is 30.2 Å². The van der Waals surface area contributed by atoms with Gasteiger partial charge in [0.1, 0.15) is 0 Å². The fraction of sp³-hybridized carbons (Fsp3) is 0.318. The molecule has 2 aromatic carbocycles. The molecule has 0 aliphatic carbocycles. The number of aliphatic hydroxyl groups is 1. The number of nitrogens with one attached hydrogen (secondary N) is 1. The Labute approximate surface area is 168 Å². The van der Waals surface area contributed by atoms with Crippen LogP contribution >= 0.6 is 0 Å². The van der Waals surface area contributed by atoms with Gasteiger partial charge in [0.15, 0.2) is 5.54 Å².